The van der Waals surface area contributed by atoms with Gasteiger partial charge in [0.2, 0.25) is 5.91 Å². The van der Waals surface area contributed by atoms with Gasteiger partial charge in [0.15, 0.2) is 0 Å². The summed E-state index contributed by atoms with van der Waals surface area (Å²) in [6.45, 7) is 1.43. The Bertz CT molecular complexity index is 219. The standard InChI is InChI=1S/C7H10N2O3/c1-3-4-8-6(10)5(2)7(11)9-12/h1,5,12H,4H2,2H3,(H,8,10)(H,9,11). The first kappa shape index (κ1) is 10.5. The Balaban J connectivity index is 3.94. The molecule has 0 heterocycles. The molecule has 0 aliphatic carbocycles. The molecule has 0 radical (unpaired) electrons. The van der Waals surface area contributed by atoms with Crippen LogP contribution in [-0.2, 0) is 9.59 Å². The van der Waals surface area contributed by atoms with Gasteiger partial charge < -0.3 is 5.32 Å². The van der Waals surface area contributed by atoms with Gasteiger partial charge in [0.05, 0.1) is 6.54 Å². The highest BCUT2D eigenvalue weighted by molar-refractivity contribution is 5.99. The largest absolute Gasteiger partial charge is 0.345 e. The molecule has 0 saturated heterocycles. The van der Waals surface area contributed by atoms with E-state index in [4.69, 9.17) is 11.6 Å². The smallest absolute Gasteiger partial charge is 0.255 e. The van der Waals surface area contributed by atoms with Crippen molar-refractivity contribution in [2.45, 2.75) is 6.92 Å². The Morgan fingerprint density at radius 3 is 2.58 bits per heavy atom. The van der Waals surface area contributed by atoms with Gasteiger partial charge in [-0.1, -0.05) is 5.92 Å². The highest BCUT2D eigenvalue weighted by Gasteiger charge is 2.19. The van der Waals surface area contributed by atoms with Gasteiger partial charge in [0.1, 0.15) is 5.92 Å². The van der Waals surface area contributed by atoms with Crippen LogP contribution in [0.5, 0.6) is 0 Å². The number of hydrogen-bond donors (Lipinski definition) is 3. The number of hydroxylamine groups is 1. The normalized spacial score (nSPS) is 11.1. The topological polar surface area (TPSA) is 78.4 Å². The molecule has 5 nitrogen and oxygen atoms in total. The van der Waals surface area contributed by atoms with Crippen molar-refractivity contribution in [1.29, 1.82) is 0 Å². The Morgan fingerprint density at radius 2 is 2.17 bits per heavy atom. The molecule has 5 heteroatoms. The van der Waals surface area contributed by atoms with Crippen LogP contribution in [0.2, 0.25) is 0 Å². The van der Waals surface area contributed by atoms with E-state index < -0.39 is 17.7 Å². The zero-order valence-electron chi connectivity index (χ0n) is 6.63. The summed E-state index contributed by atoms with van der Waals surface area (Å²) in [7, 11) is 0. The lowest BCUT2D eigenvalue weighted by molar-refractivity contribution is -0.139. The molecule has 0 aromatic carbocycles. The van der Waals surface area contributed by atoms with E-state index in [2.05, 4.69) is 11.2 Å². The Morgan fingerprint density at radius 1 is 1.58 bits per heavy atom. The monoisotopic (exact) mass is 170 g/mol. The molecule has 66 valence electrons. The molecule has 0 aromatic rings. The van der Waals surface area contributed by atoms with Crippen molar-refractivity contribution >= 4 is 11.8 Å². The SMILES string of the molecule is C#CCNC(=O)C(C)C(=O)NO. The molecular weight excluding hydrogens is 160 g/mol. The van der Waals surface area contributed by atoms with Crippen LogP contribution in [0.1, 0.15) is 6.92 Å². The van der Waals surface area contributed by atoms with E-state index >= 15 is 0 Å². The van der Waals surface area contributed by atoms with Crippen LogP contribution in [0.25, 0.3) is 0 Å². The van der Waals surface area contributed by atoms with E-state index in [-0.39, 0.29) is 6.54 Å². The fourth-order valence-electron chi connectivity index (χ4n) is 0.507. The predicted molar refractivity (Wildman–Crippen MR) is 40.9 cm³/mol. The van der Waals surface area contributed by atoms with E-state index in [1.807, 2.05) is 0 Å². The minimum absolute atomic E-state index is 0.0713. The second kappa shape index (κ2) is 5.16. The zero-order valence-corrected chi connectivity index (χ0v) is 6.63. The Labute approximate surface area is 70.1 Å². The number of carbonyl (C=O) groups is 2. The van der Waals surface area contributed by atoms with E-state index in [0.717, 1.165) is 0 Å². The zero-order chi connectivity index (χ0) is 9.56. The van der Waals surface area contributed by atoms with Gasteiger partial charge in [0, 0.05) is 0 Å². The highest BCUT2D eigenvalue weighted by atomic mass is 16.5. The van der Waals surface area contributed by atoms with Crippen LogP contribution >= 0.6 is 0 Å². The minimum atomic E-state index is -0.941. The maximum atomic E-state index is 10.9. The van der Waals surface area contributed by atoms with Crippen molar-refractivity contribution < 1.29 is 14.8 Å². The lowest BCUT2D eigenvalue weighted by Gasteiger charge is -2.07. The van der Waals surface area contributed by atoms with Crippen molar-refractivity contribution in [2.75, 3.05) is 6.54 Å². The number of rotatable bonds is 3. The first-order chi connectivity index (χ1) is 5.63. The van der Waals surface area contributed by atoms with Crippen LogP contribution in [0.4, 0.5) is 0 Å². The number of amides is 2. The molecule has 0 aliphatic rings. The van der Waals surface area contributed by atoms with Gasteiger partial charge in [-0.25, -0.2) is 5.48 Å². The summed E-state index contributed by atoms with van der Waals surface area (Å²) in [5.41, 5.74) is 1.37. The summed E-state index contributed by atoms with van der Waals surface area (Å²) in [5, 5.41) is 10.5. The first-order valence-electron chi connectivity index (χ1n) is 3.28. The average Bonchev–Trinajstić information content (AvgIpc) is 2.11. The van der Waals surface area contributed by atoms with Crippen molar-refractivity contribution in [3.63, 3.8) is 0 Å². The van der Waals surface area contributed by atoms with Crippen molar-refractivity contribution in [3.8, 4) is 12.3 Å². The third-order valence-electron chi connectivity index (χ3n) is 1.26. The second-order valence-corrected chi connectivity index (χ2v) is 2.12. The molecule has 0 fully saturated rings. The molecule has 0 aromatic heterocycles. The highest BCUT2D eigenvalue weighted by Crippen LogP contribution is 1.92. The van der Waals surface area contributed by atoms with E-state index in [1.54, 1.807) is 0 Å². The summed E-state index contributed by atoms with van der Waals surface area (Å²) in [6, 6.07) is 0. The fraction of sp³-hybridized carbons (Fsp3) is 0.429. The first-order valence-corrected chi connectivity index (χ1v) is 3.28. The molecular formula is C7H10N2O3. The third-order valence-corrected chi connectivity index (χ3v) is 1.26. The Hall–Kier alpha value is -1.54. The summed E-state index contributed by atoms with van der Waals surface area (Å²) in [5.74, 6) is -0.0311. The quantitative estimate of drug-likeness (QED) is 0.217. The van der Waals surface area contributed by atoms with Crippen LogP contribution in [0.3, 0.4) is 0 Å². The molecule has 1 atom stereocenters. The number of hydrogen-bond acceptors (Lipinski definition) is 3. The van der Waals surface area contributed by atoms with Gasteiger partial charge in [-0.3, -0.25) is 14.8 Å². The molecule has 0 bridgehead atoms. The molecule has 0 aliphatic heterocycles. The molecule has 1 unspecified atom stereocenters. The molecule has 0 saturated carbocycles. The van der Waals surface area contributed by atoms with Gasteiger partial charge in [-0.2, -0.15) is 0 Å². The number of nitrogens with one attached hydrogen (secondary N) is 2. The summed E-state index contributed by atoms with van der Waals surface area (Å²) >= 11 is 0. The van der Waals surface area contributed by atoms with Crippen molar-refractivity contribution in [3.05, 3.63) is 0 Å². The van der Waals surface area contributed by atoms with Crippen LogP contribution in [-0.4, -0.2) is 23.6 Å². The summed E-state index contributed by atoms with van der Waals surface area (Å²) in [6.07, 6.45) is 4.87. The summed E-state index contributed by atoms with van der Waals surface area (Å²) in [4.78, 5) is 21.6. The molecule has 3 N–H and O–H groups in total. The molecule has 0 spiro atoms. The lowest BCUT2D eigenvalue weighted by Crippen LogP contribution is -2.38. The maximum absolute atomic E-state index is 10.9. The van der Waals surface area contributed by atoms with E-state index in [9.17, 15) is 9.59 Å². The van der Waals surface area contributed by atoms with Gasteiger partial charge in [-0.05, 0) is 6.92 Å². The summed E-state index contributed by atoms with van der Waals surface area (Å²) < 4.78 is 0. The van der Waals surface area contributed by atoms with E-state index in [0.29, 0.717) is 0 Å². The van der Waals surface area contributed by atoms with E-state index in [1.165, 1.54) is 12.4 Å². The van der Waals surface area contributed by atoms with Gasteiger partial charge in [-0.15, -0.1) is 6.42 Å². The minimum Gasteiger partial charge on any atom is -0.345 e. The predicted octanol–water partition coefficient (Wildman–Crippen LogP) is -1.12. The van der Waals surface area contributed by atoms with Gasteiger partial charge >= 0.3 is 0 Å². The molecule has 2 amide bonds. The third kappa shape index (κ3) is 3.03. The number of carbonyl (C=O) groups excluding carboxylic acids is 2. The Kier molecular flexibility index (Phi) is 4.49. The average molecular weight is 170 g/mol. The second-order valence-electron chi connectivity index (χ2n) is 2.12. The van der Waals surface area contributed by atoms with Crippen LogP contribution < -0.4 is 10.8 Å². The fourth-order valence-corrected chi connectivity index (χ4v) is 0.507. The maximum Gasteiger partial charge on any atom is 0.255 e. The van der Waals surface area contributed by atoms with Crippen molar-refractivity contribution in [1.82, 2.24) is 10.8 Å². The van der Waals surface area contributed by atoms with Crippen LogP contribution in [0, 0.1) is 18.3 Å². The lowest BCUT2D eigenvalue weighted by atomic mass is 10.1. The van der Waals surface area contributed by atoms with Crippen LogP contribution in [0.15, 0.2) is 0 Å². The van der Waals surface area contributed by atoms with Gasteiger partial charge in [0.25, 0.3) is 5.91 Å². The molecule has 0 rings (SSSR count). The number of terminal acetylenes is 1. The molecule has 12 heavy (non-hydrogen) atoms. The van der Waals surface area contributed by atoms with Crippen molar-refractivity contribution in [2.24, 2.45) is 5.92 Å².